The summed E-state index contributed by atoms with van der Waals surface area (Å²) in [6.07, 6.45) is 3.22. The molecule has 0 saturated heterocycles. The number of amides is 2. The predicted molar refractivity (Wildman–Crippen MR) is 128 cm³/mol. The molecule has 7 heteroatoms. The topological polar surface area (TPSA) is 95.5 Å². The van der Waals surface area contributed by atoms with Gasteiger partial charge in [0.1, 0.15) is 0 Å². The maximum absolute atomic E-state index is 12.5. The lowest BCUT2D eigenvalue weighted by Crippen LogP contribution is -2.22. The Bertz CT molecular complexity index is 1130. The number of thioether (sulfide) groups is 1. The Morgan fingerprint density at radius 3 is 2.28 bits per heavy atom. The second-order valence-electron chi connectivity index (χ2n) is 6.89. The van der Waals surface area contributed by atoms with Crippen molar-refractivity contribution in [1.82, 2.24) is 0 Å². The zero-order valence-corrected chi connectivity index (χ0v) is 18.1. The van der Waals surface area contributed by atoms with Gasteiger partial charge in [0.05, 0.1) is 10.8 Å². The van der Waals surface area contributed by atoms with Crippen LogP contribution in [0.2, 0.25) is 0 Å². The fourth-order valence-electron chi connectivity index (χ4n) is 2.77. The predicted octanol–water partition coefficient (Wildman–Crippen LogP) is 5.16. The van der Waals surface area contributed by atoms with Gasteiger partial charge in [-0.25, -0.2) is 4.79 Å². The molecule has 0 spiro atoms. The highest BCUT2D eigenvalue weighted by Crippen LogP contribution is 2.26. The molecule has 162 valence electrons. The molecule has 32 heavy (non-hydrogen) atoms. The van der Waals surface area contributed by atoms with Gasteiger partial charge in [-0.05, 0) is 61.0 Å². The Kier molecular flexibility index (Phi) is 7.83. The molecule has 3 rings (SSSR count). The molecule has 0 heterocycles. The molecule has 0 saturated carbocycles. The number of rotatable bonds is 8. The number of hydrogen-bond acceptors (Lipinski definition) is 4. The second kappa shape index (κ2) is 11.0. The van der Waals surface area contributed by atoms with E-state index < -0.39 is 11.2 Å². The zero-order chi connectivity index (χ0) is 22.9. The van der Waals surface area contributed by atoms with E-state index >= 15 is 0 Å². The summed E-state index contributed by atoms with van der Waals surface area (Å²) in [6.45, 7) is 1.77. The third-order valence-electron chi connectivity index (χ3n) is 4.41. The Morgan fingerprint density at radius 2 is 1.59 bits per heavy atom. The van der Waals surface area contributed by atoms with E-state index in [1.165, 1.54) is 30.0 Å². The minimum Gasteiger partial charge on any atom is -0.478 e. The van der Waals surface area contributed by atoms with Crippen molar-refractivity contribution in [2.45, 2.75) is 17.1 Å². The fourth-order valence-corrected chi connectivity index (χ4v) is 3.64. The molecule has 0 aromatic heterocycles. The van der Waals surface area contributed by atoms with Gasteiger partial charge in [0.2, 0.25) is 11.8 Å². The Balaban J connectivity index is 1.52. The van der Waals surface area contributed by atoms with Gasteiger partial charge in [-0.3, -0.25) is 9.59 Å². The average molecular weight is 447 g/mol. The quantitative estimate of drug-likeness (QED) is 0.328. The number of carboxylic acid groups (broad SMARTS) is 1. The molecule has 0 aliphatic carbocycles. The lowest BCUT2D eigenvalue weighted by Gasteiger charge is -2.13. The van der Waals surface area contributed by atoms with Crippen molar-refractivity contribution in [1.29, 1.82) is 0 Å². The first-order valence-corrected chi connectivity index (χ1v) is 10.7. The number of aromatic carboxylic acids is 1. The first-order chi connectivity index (χ1) is 15.4. The fraction of sp³-hybridized carbons (Fsp3) is 0.0800. The molecule has 0 radical (unpaired) electrons. The van der Waals surface area contributed by atoms with Crippen molar-refractivity contribution in [3.8, 4) is 0 Å². The summed E-state index contributed by atoms with van der Waals surface area (Å²) >= 11 is 1.36. The van der Waals surface area contributed by atoms with Crippen LogP contribution in [0.25, 0.3) is 6.08 Å². The van der Waals surface area contributed by atoms with Crippen molar-refractivity contribution in [2.24, 2.45) is 0 Å². The van der Waals surface area contributed by atoms with Crippen molar-refractivity contribution in [3.63, 3.8) is 0 Å². The SMILES string of the molecule is CC(Sc1ccc(NC(=O)/C=C/c2ccccc2)cc1)C(=O)Nc1cccc(C(=O)O)c1. The van der Waals surface area contributed by atoms with Gasteiger partial charge >= 0.3 is 5.97 Å². The maximum atomic E-state index is 12.5. The zero-order valence-electron chi connectivity index (χ0n) is 17.3. The summed E-state index contributed by atoms with van der Waals surface area (Å²) in [4.78, 5) is 36.5. The van der Waals surface area contributed by atoms with Crippen molar-refractivity contribution in [2.75, 3.05) is 10.6 Å². The molecular formula is C25H22N2O4S. The third-order valence-corrected chi connectivity index (χ3v) is 5.52. The number of carbonyl (C=O) groups excluding carboxylic acids is 2. The molecule has 3 aromatic rings. The number of anilines is 2. The molecule has 0 aliphatic heterocycles. The van der Waals surface area contributed by atoms with E-state index in [2.05, 4.69) is 10.6 Å². The van der Waals surface area contributed by atoms with E-state index in [-0.39, 0.29) is 17.4 Å². The largest absolute Gasteiger partial charge is 0.478 e. The number of nitrogens with one attached hydrogen (secondary N) is 2. The highest BCUT2D eigenvalue weighted by atomic mass is 32.2. The summed E-state index contributed by atoms with van der Waals surface area (Å²) in [5.74, 6) is -1.52. The minimum absolute atomic E-state index is 0.111. The minimum atomic E-state index is -1.05. The van der Waals surface area contributed by atoms with Crippen LogP contribution in [0.5, 0.6) is 0 Å². The molecule has 6 nitrogen and oxygen atoms in total. The van der Waals surface area contributed by atoms with Gasteiger partial charge in [-0.2, -0.15) is 0 Å². The Hall–Kier alpha value is -3.84. The first kappa shape index (κ1) is 22.8. The Morgan fingerprint density at radius 1 is 0.875 bits per heavy atom. The van der Waals surface area contributed by atoms with Crippen molar-refractivity contribution >= 4 is 47.0 Å². The summed E-state index contributed by atoms with van der Waals surface area (Å²) < 4.78 is 0. The van der Waals surface area contributed by atoms with Crippen LogP contribution in [-0.4, -0.2) is 28.1 Å². The van der Waals surface area contributed by atoms with E-state index in [0.717, 1.165) is 10.5 Å². The summed E-state index contributed by atoms with van der Waals surface area (Å²) in [7, 11) is 0. The highest BCUT2D eigenvalue weighted by Gasteiger charge is 2.15. The molecule has 0 bridgehead atoms. The van der Waals surface area contributed by atoms with Crippen LogP contribution in [0.3, 0.4) is 0 Å². The van der Waals surface area contributed by atoms with Gasteiger partial charge in [-0.1, -0.05) is 36.4 Å². The lowest BCUT2D eigenvalue weighted by molar-refractivity contribution is -0.115. The van der Waals surface area contributed by atoms with E-state index in [9.17, 15) is 14.4 Å². The number of benzene rings is 3. The van der Waals surface area contributed by atoms with E-state index in [0.29, 0.717) is 11.4 Å². The van der Waals surface area contributed by atoms with Gasteiger partial charge in [0.25, 0.3) is 0 Å². The van der Waals surface area contributed by atoms with Gasteiger partial charge in [0.15, 0.2) is 0 Å². The standard InChI is InChI=1S/C25H22N2O4S/c1-17(24(29)27-21-9-5-8-19(16-21)25(30)31)32-22-13-11-20(12-14-22)26-23(28)15-10-18-6-3-2-4-7-18/h2-17H,1H3,(H,26,28)(H,27,29)(H,30,31)/b15-10+. The number of carbonyl (C=O) groups is 3. The summed E-state index contributed by atoms with van der Waals surface area (Å²) in [5.41, 5.74) is 2.14. The van der Waals surface area contributed by atoms with Crippen molar-refractivity contribution < 1.29 is 19.5 Å². The van der Waals surface area contributed by atoms with Crippen LogP contribution in [0.4, 0.5) is 11.4 Å². The molecule has 1 atom stereocenters. The number of hydrogen-bond donors (Lipinski definition) is 3. The molecule has 0 aliphatic rings. The number of carboxylic acids is 1. The van der Waals surface area contributed by atoms with Crippen LogP contribution in [0.15, 0.2) is 89.8 Å². The molecule has 3 aromatic carbocycles. The summed E-state index contributed by atoms with van der Waals surface area (Å²) in [5, 5.41) is 14.2. The van der Waals surface area contributed by atoms with E-state index in [1.807, 2.05) is 42.5 Å². The van der Waals surface area contributed by atoms with Gasteiger partial charge < -0.3 is 15.7 Å². The lowest BCUT2D eigenvalue weighted by atomic mass is 10.2. The van der Waals surface area contributed by atoms with Crippen LogP contribution in [0, 0.1) is 0 Å². The van der Waals surface area contributed by atoms with E-state index in [4.69, 9.17) is 5.11 Å². The van der Waals surface area contributed by atoms with Gasteiger partial charge in [0, 0.05) is 22.3 Å². The average Bonchev–Trinajstić information content (AvgIpc) is 2.80. The molecule has 1 unspecified atom stereocenters. The van der Waals surface area contributed by atoms with Crippen LogP contribution < -0.4 is 10.6 Å². The van der Waals surface area contributed by atoms with Gasteiger partial charge in [-0.15, -0.1) is 11.8 Å². The highest BCUT2D eigenvalue weighted by molar-refractivity contribution is 8.00. The molecule has 3 N–H and O–H groups in total. The Labute approximate surface area is 190 Å². The van der Waals surface area contributed by atoms with Crippen LogP contribution in [0.1, 0.15) is 22.8 Å². The second-order valence-corrected chi connectivity index (χ2v) is 8.31. The van der Waals surface area contributed by atoms with E-state index in [1.54, 1.807) is 37.3 Å². The molecule has 0 fully saturated rings. The van der Waals surface area contributed by atoms with Crippen molar-refractivity contribution in [3.05, 3.63) is 96.1 Å². The normalized spacial score (nSPS) is 11.7. The molecular weight excluding hydrogens is 424 g/mol. The summed E-state index contributed by atoms with van der Waals surface area (Å²) in [6, 6.07) is 22.9. The maximum Gasteiger partial charge on any atom is 0.335 e. The third kappa shape index (κ3) is 6.85. The molecule has 2 amide bonds. The van der Waals surface area contributed by atoms with Crippen LogP contribution >= 0.6 is 11.8 Å². The smallest absolute Gasteiger partial charge is 0.335 e. The first-order valence-electron chi connectivity index (χ1n) is 9.86. The van der Waals surface area contributed by atoms with Crippen LogP contribution in [-0.2, 0) is 9.59 Å². The monoisotopic (exact) mass is 446 g/mol.